The Morgan fingerprint density at radius 3 is 2.66 bits per heavy atom. The molecule has 2 N–H and O–H groups in total. The predicted octanol–water partition coefficient (Wildman–Crippen LogP) is 4.72. The van der Waals surface area contributed by atoms with Crippen LogP contribution < -0.4 is 10.6 Å². The lowest BCUT2D eigenvalue weighted by Gasteiger charge is -2.25. The molecule has 0 saturated carbocycles. The lowest BCUT2D eigenvalue weighted by atomic mass is 10.0. The first-order valence-electron chi connectivity index (χ1n) is 9.19. The second-order valence-electron chi connectivity index (χ2n) is 7.00. The Hall–Kier alpha value is -3.19. The van der Waals surface area contributed by atoms with E-state index in [1.54, 1.807) is 26.0 Å². The number of allylic oxidation sites excluding steroid dienone is 1. The number of rotatable bonds is 4. The van der Waals surface area contributed by atoms with Crippen LogP contribution in [0.15, 0.2) is 54.6 Å². The molecule has 4 rings (SSSR count). The molecule has 0 aliphatic carbocycles. The molecule has 0 bridgehead atoms. The molecular formula is C21H19ClFN5O. The van der Waals surface area contributed by atoms with Gasteiger partial charge in [-0.25, -0.2) is 9.07 Å². The maximum Gasteiger partial charge on any atom is 0.250 e. The van der Waals surface area contributed by atoms with Gasteiger partial charge in [0.15, 0.2) is 0 Å². The van der Waals surface area contributed by atoms with Crippen LogP contribution in [-0.4, -0.2) is 20.7 Å². The first-order chi connectivity index (χ1) is 13.9. The van der Waals surface area contributed by atoms with Gasteiger partial charge in [-0.3, -0.25) is 10.1 Å². The van der Waals surface area contributed by atoms with E-state index in [2.05, 4.69) is 20.7 Å². The van der Waals surface area contributed by atoms with Crippen LogP contribution in [0, 0.1) is 11.7 Å². The van der Waals surface area contributed by atoms with Crippen molar-refractivity contribution in [2.75, 3.05) is 10.6 Å². The molecule has 3 aromatic rings. The van der Waals surface area contributed by atoms with Gasteiger partial charge in [-0.05, 0) is 23.8 Å². The van der Waals surface area contributed by atoms with Crippen molar-refractivity contribution in [3.63, 3.8) is 0 Å². The van der Waals surface area contributed by atoms with E-state index in [0.717, 1.165) is 11.3 Å². The number of halogens is 2. The molecule has 1 aliphatic rings. The minimum Gasteiger partial charge on any atom is -0.324 e. The smallest absolute Gasteiger partial charge is 0.250 e. The maximum absolute atomic E-state index is 14.7. The van der Waals surface area contributed by atoms with Crippen LogP contribution in [0.1, 0.15) is 31.0 Å². The van der Waals surface area contributed by atoms with E-state index in [-0.39, 0.29) is 28.4 Å². The SMILES string of the molecule is CC(C)C(=O)Nc1nc2n(n1)C(c1c(F)cccc1Cl)C=C(c1ccccc1)N2. The number of benzene rings is 2. The fourth-order valence-electron chi connectivity index (χ4n) is 3.09. The van der Waals surface area contributed by atoms with Crippen molar-refractivity contribution in [3.05, 3.63) is 76.6 Å². The van der Waals surface area contributed by atoms with Gasteiger partial charge in [0.2, 0.25) is 11.9 Å². The highest BCUT2D eigenvalue weighted by molar-refractivity contribution is 6.31. The predicted molar refractivity (Wildman–Crippen MR) is 111 cm³/mol. The van der Waals surface area contributed by atoms with Gasteiger partial charge in [0, 0.05) is 22.2 Å². The second kappa shape index (κ2) is 7.67. The van der Waals surface area contributed by atoms with Crippen molar-refractivity contribution in [1.29, 1.82) is 0 Å². The molecule has 0 spiro atoms. The van der Waals surface area contributed by atoms with Crippen molar-refractivity contribution in [2.24, 2.45) is 5.92 Å². The van der Waals surface area contributed by atoms with E-state index in [1.807, 2.05) is 36.4 Å². The Kier molecular flexibility index (Phi) is 5.07. The van der Waals surface area contributed by atoms with E-state index < -0.39 is 11.9 Å². The number of aromatic nitrogens is 3. The molecular weight excluding hydrogens is 393 g/mol. The first kappa shape index (κ1) is 19.1. The summed E-state index contributed by atoms with van der Waals surface area (Å²) in [6.07, 6.45) is 1.84. The van der Waals surface area contributed by atoms with Crippen molar-refractivity contribution in [2.45, 2.75) is 19.9 Å². The van der Waals surface area contributed by atoms with Crippen LogP contribution >= 0.6 is 11.6 Å². The topological polar surface area (TPSA) is 71.8 Å². The Bertz CT molecular complexity index is 1070. The molecule has 29 heavy (non-hydrogen) atoms. The molecule has 1 aromatic heterocycles. The standard InChI is InChI=1S/C21H19ClFN5O/c1-12(2)19(29)25-20-26-21-24-16(13-7-4-3-5-8-13)11-17(28(21)27-20)18-14(22)9-6-10-15(18)23/h3-12,17H,1-2H3,(H2,24,25,26,27,29). The van der Waals surface area contributed by atoms with Gasteiger partial charge in [-0.1, -0.05) is 61.8 Å². The van der Waals surface area contributed by atoms with Crippen molar-refractivity contribution in [3.8, 4) is 0 Å². The number of carbonyl (C=O) groups excluding carboxylic acids is 1. The molecule has 0 radical (unpaired) electrons. The summed E-state index contributed by atoms with van der Waals surface area (Å²) in [6.45, 7) is 3.56. The summed E-state index contributed by atoms with van der Waals surface area (Å²) in [5.74, 6) is -0.341. The fraction of sp³-hybridized carbons (Fsp3) is 0.190. The summed E-state index contributed by atoms with van der Waals surface area (Å²) in [6, 6.07) is 13.5. The maximum atomic E-state index is 14.7. The number of hydrogen-bond acceptors (Lipinski definition) is 4. The van der Waals surface area contributed by atoms with E-state index in [0.29, 0.717) is 5.95 Å². The minimum atomic E-state index is -0.632. The molecule has 0 saturated heterocycles. The number of nitrogens with one attached hydrogen (secondary N) is 2. The van der Waals surface area contributed by atoms with Gasteiger partial charge < -0.3 is 5.32 Å². The summed E-state index contributed by atoms with van der Waals surface area (Å²) >= 11 is 6.33. The van der Waals surface area contributed by atoms with Gasteiger partial charge >= 0.3 is 0 Å². The summed E-state index contributed by atoms with van der Waals surface area (Å²) in [7, 11) is 0. The van der Waals surface area contributed by atoms with E-state index in [1.165, 1.54) is 10.7 Å². The number of fused-ring (bicyclic) bond motifs is 1. The first-order valence-corrected chi connectivity index (χ1v) is 9.57. The highest BCUT2D eigenvalue weighted by Crippen LogP contribution is 2.37. The molecule has 0 fully saturated rings. The van der Waals surface area contributed by atoms with Crippen LogP contribution in [0.3, 0.4) is 0 Å². The zero-order chi connectivity index (χ0) is 20.5. The van der Waals surface area contributed by atoms with Gasteiger partial charge in [0.1, 0.15) is 11.9 Å². The molecule has 148 valence electrons. The summed E-state index contributed by atoms with van der Waals surface area (Å²) in [5, 5.41) is 10.6. The molecule has 6 nitrogen and oxygen atoms in total. The quantitative estimate of drug-likeness (QED) is 0.651. The van der Waals surface area contributed by atoms with Crippen molar-refractivity contribution < 1.29 is 9.18 Å². The average molecular weight is 412 g/mol. The van der Waals surface area contributed by atoms with Crippen LogP contribution in [0.25, 0.3) is 5.70 Å². The molecule has 1 atom stereocenters. The third kappa shape index (κ3) is 3.73. The third-order valence-electron chi connectivity index (χ3n) is 4.61. The largest absolute Gasteiger partial charge is 0.324 e. The number of hydrogen-bond donors (Lipinski definition) is 2. The van der Waals surface area contributed by atoms with Crippen molar-refractivity contribution in [1.82, 2.24) is 14.8 Å². The zero-order valence-electron chi connectivity index (χ0n) is 15.9. The highest BCUT2D eigenvalue weighted by Gasteiger charge is 2.29. The van der Waals surface area contributed by atoms with Crippen LogP contribution in [0.4, 0.5) is 16.3 Å². The van der Waals surface area contributed by atoms with Crippen LogP contribution in [-0.2, 0) is 4.79 Å². The second-order valence-corrected chi connectivity index (χ2v) is 7.41. The number of nitrogens with zero attached hydrogens (tertiary/aromatic N) is 3. The molecule has 8 heteroatoms. The summed E-state index contributed by atoms with van der Waals surface area (Å²) < 4.78 is 16.2. The summed E-state index contributed by atoms with van der Waals surface area (Å²) in [4.78, 5) is 16.4. The molecule has 1 amide bonds. The van der Waals surface area contributed by atoms with E-state index in [9.17, 15) is 9.18 Å². The fourth-order valence-corrected chi connectivity index (χ4v) is 3.36. The molecule has 2 aromatic carbocycles. The Morgan fingerprint density at radius 1 is 1.21 bits per heavy atom. The van der Waals surface area contributed by atoms with Crippen molar-refractivity contribution >= 4 is 35.1 Å². The van der Waals surface area contributed by atoms with Crippen LogP contribution in [0.2, 0.25) is 5.02 Å². The lowest BCUT2D eigenvalue weighted by molar-refractivity contribution is -0.118. The number of anilines is 2. The van der Waals surface area contributed by atoms with Gasteiger partial charge in [0.25, 0.3) is 5.95 Å². The number of amides is 1. The Balaban J connectivity index is 1.82. The highest BCUT2D eigenvalue weighted by atomic mass is 35.5. The number of carbonyl (C=O) groups is 1. The van der Waals surface area contributed by atoms with Gasteiger partial charge in [-0.2, -0.15) is 4.98 Å². The molecule has 1 aliphatic heterocycles. The molecule has 1 unspecified atom stereocenters. The van der Waals surface area contributed by atoms with Gasteiger partial charge in [-0.15, -0.1) is 5.10 Å². The third-order valence-corrected chi connectivity index (χ3v) is 4.93. The van der Waals surface area contributed by atoms with Crippen LogP contribution in [0.5, 0.6) is 0 Å². The minimum absolute atomic E-state index is 0.145. The average Bonchev–Trinajstić information content (AvgIpc) is 3.10. The zero-order valence-corrected chi connectivity index (χ0v) is 16.6. The Morgan fingerprint density at radius 2 is 1.97 bits per heavy atom. The lowest BCUT2D eigenvalue weighted by Crippen LogP contribution is -2.21. The van der Waals surface area contributed by atoms with E-state index >= 15 is 0 Å². The summed E-state index contributed by atoms with van der Waals surface area (Å²) in [5.41, 5.74) is 1.94. The monoisotopic (exact) mass is 411 g/mol. The normalized spacial score (nSPS) is 15.5. The molecule has 2 heterocycles. The van der Waals surface area contributed by atoms with E-state index in [4.69, 9.17) is 11.6 Å². The van der Waals surface area contributed by atoms with Gasteiger partial charge in [0.05, 0.1) is 0 Å². The Labute approximate surface area is 172 Å².